The second-order valence-electron chi connectivity index (χ2n) is 5.63. The lowest BCUT2D eigenvalue weighted by Gasteiger charge is -2.22. The molecule has 2 unspecified atom stereocenters. The van der Waals surface area contributed by atoms with E-state index in [1.54, 1.807) is 0 Å². The summed E-state index contributed by atoms with van der Waals surface area (Å²) >= 11 is 3.39. The molecule has 1 heterocycles. The van der Waals surface area contributed by atoms with Crippen LogP contribution in [0.25, 0.3) is 0 Å². The molecule has 1 aliphatic rings. The molecule has 0 N–H and O–H groups in total. The van der Waals surface area contributed by atoms with Crippen molar-refractivity contribution in [3.8, 4) is 0 Å². The number of carbonyl (C=O) groups excluding carboxylic acids is 1. The number of likely N-dealkylation sites (tertiary alicyclic amines) is 1. The fraction of sp³-hybridized carbons (Fsp3) is 0.533. The van der Waals surface area contributed by atoms with E-state index in [2.05, 4.69) is 46.7 Å². The van der Waals surface area contributed by atoms with Gasteiger partial charge in [-0.1, -0.05) is 35.0 Å². The highest BCUT2D eigenvalue weighted by atomic mass is 79.9. The lowest BCUT2D eigenvalue weighted by atomic mass is 10.1. The Balaban J connectivity index is 1.95. The summed E-state index contributed by atoms with van der Waals surface area (Å²) in [5.41, 5.74) is 0.796. The molecule has 3 nitrogen and oxygen atoms in total. The molecule has 0 amide bonds. The van der Waals surface area contributed by atoms with Gasteiger partial charge >= 0.3 is 0 Å². The van der Waals surface area contributed by atoms with Gasteiger partial charge in [-0.25, -0.2) is 0 Å². The second-order valence-corrected chi connectivity index (χ2v) is 6.55. The summed E-state index contributed by atoms with van der Waals surface area (Å²) in [6.07, 6.45) is 0. The van der Waals surface area contributed by atoms with Crippen molar-refractivity contribution in [1.82, 2.24) is 9.80 Å². The maximum absolute atomic E-state index is 12.2. The normalized spacial score (nSPS) is 24.1. The summed E-state index contributed by atoms with van der Waals surface area (Å²) in [5, 5.41) is 0. The first-order valence-electron chi connectivity index (χ1n) is 6.65. The summed E-state index contributed by atoms with van der Waals surface area (Å²) in [4.78, 5) is 16.7. The Labute approximate surface area is 123 Å². The van der Waals surface area contributed by atoms with Crippen LogP contribution in [-0.4, -0.2) is 55.4 Å². The van der Waals surface area contributed by atoms with E-state index in [0.29, 0.717) is 18.5 Å². The van der Waals surface area contributed by atoms with Crippen molar-refractivity contribution in [2.24, 2.45) is 5.92 Å². The van der Waals surface area contributed by atoms with Crippen molar-refractivity contribution in [2.45, 2.75) is 13.0 Å². The number of rotatable bonds is 4. The number of likely N-dealkylation sites (N-methyl/N-ethyl adjacent to an activating group) is 1. The number of Topliss-reactive ketones (excluding diaryl/α,β-unsaturated/α-hetero) is 1. The van der Waals surface area contributed by atoms with E-state index in [1.165, 1.54) is 0 Å². The molecule has 1 aromatic carbocycles. The Morgan fingerprint density at radius 1 is 1.32 bits per heavy atom. The van der Waals surface area contributed by atoms with Crippen LogP contribution >= 0.6 is 15.9 Å². The zero-order chi connectivity index (χ0) is 14.0. The largest absolute Gasteiger partial charge is 0.305 e. The van der Waals surface area contributed by atoms with Crippen LogP contribution in [0.15, 0.2) is 28.7 Å². The topological polar surface area (TPSA) is 23.6 Å². The summed E-state index contributed by atoms with van der Waals surface area (Å²) in [6.45, 7) is 4.77. The lowest BCUT2D eigenvalue weighted by Crippen LogP contribution is -2.35. The number of nitrogens with zero attached hydrogens (tertiary/aromatic N) is 2. The summed E-state index contributed by atoms with van der Waals surface area (Å²) < 4.78 is 1.01. The molecule has 0 aliphatic carbocycles. The number of hydrogen-bond donors (Lipinski definition) is 0. The third kappa shape index (κ3) is 3.65. The van der Waals surface area contributed by atoms with E-state index in [9.17, 15) is 4.79 Å². The highest BCUT2D eigenvalue weighted by molar-refractivity contribution is 9.10. The molecule has 104 valence electrons. The molecule has 0 aromatic heterocycles. The van der Waals surface area contributed by atoms with Gasteiger partial charge < -0.3 is 4.90 Å². The molecular formula is C15H21BrN2O. The third-order valence-corrected chi connectivity index (χ3v) is 4.37. The summed E-state index contributed by atoms with van der Waals surface area (Å²) in [5.74, 6) is 0.826. The number of carbonyl (C=O) groups is 1. The smallest absolute Gasteiger partial charge is 0.176 e. The Morgan fingerprint density at radius 2 is 1.95 bits per heavy atom. The van der Waals surface area contributed by atoms with Crippen LogP contribution in [0.3, 0.4) is 0 Å². The first-order valence-corrected chi connectivity index (χ1v) is 7.44. The van der Waals surface area contributed by atoms with Gasteiger partial charge in [0.1, 0.15) is 0 Å². The van der Waals surface area contributed by atoms with Crippen molar-refractivity contribution in [1.29, 1.82) is 0 Å². The first kappa shape index (κ1) is 14.7. The van der Waals surface area contributed by atoms with E-state index in [0.717, 1.165) is 23.1 Å². The van der Waals surface area contributed by atoms with E-state index in [4.69, 9.17) is 0 Å². The highest BCUT2D eigenvalue weighted by Crippen LogP contribution is 2.20. The van der Waals surface area contributed by atoms with Crippen LogP contribution in [0, 0.1) is 5.92 Å². The maximum Gasteiger partial charge on any atom is 0.176 e. The molecule has 1 fully saturated rings. The van der Waals surface area contributed by atoms with Crippen LogP contribution in [0.5, 0.6) is 0 Å². The Bertz CT molecular complexity index is 444. The van der Waals surface area contributed by atoms with Crippen LogP contribution in [0.2, 0.25) is 0 Å². The molecular weight excluding hydrogens is 304 g/mol. The SMILES string of the molecule is CC1CN(CC(=O)c2ccc(Br)cc2)CC1N(C)C. The minimum Gasteiger partial charge on any atom is -0.305 e. The molecule has 2 atom stereocenters. The number of halogens is 1. The van der Waals surface area contributed by atoms with Crippen LogP contribution in [0.4, 0.5) is 0 Å². The predicted molar refractivity (Wildman–Crippen MR) is 81.6 cm³/mol. The Hall–Kier alpha value is -0.710. The van der Waals surface area contributed by atoms with Crippen molar-refractivity contribution >= 4 is 21.7 Å². The molecule has 4 heteroatoms. The maximum atomic E-state index is 12.2. The van der Waals surface area contributed by atoms with Crippen LogP contribution in [0.1, 0.15) is 17.3 Å². The minimum absolute atomic E-state index is 0.208. The standard InChI is InChI=1S/C15H21BrN2O/c1-11-8-18(9-14(11)17(2)3)10-15(19)12-4-6-13(16)7-5-12/h4-7,11,14H,8-10H2,1-3H3. The molecule has 1 aromatic rings. The minimum atomic E-state index is 0.208. The van der Waals surface area contributed by atoms with E-state index < -0.39 is 0 Å². The Morgan fingerprint density at radius 3 is 2.47 bits per heavy atom. The molecule has 2 rings (SSSR count). The predicted octanol–water partition coefficient (Wildman–Crippen LogP) is 2.51. The fourth-order valence-electron chi connectivity index (χ4n) is 2.78. The van der Waals surface area contributed by atoms with Gasteiger partial charge in [-0.3, -0.25) is 9.69 Å². The molecule has 0 radical (unpaired) electrons. The average Bonchev–Trinajstić information content (AvgIpc) is 2.71. The quantitative estimate of drug-likeness (QED) is 0.795. The zero-order valence-electron chi connectivity index (χ0n) is 11.8. The second kappa shape index (κ2) is 6.16. The van der Waals surface area contributed by atoms with Crippen LogP contribution < -0.4 is 0 Å². The van der Waals surface area contributed by atoms with Gasteiger partial charge in [0.25, 0.3) is 0 Å². The van der Waals surface area contributed by atoms with Gasteiger partial charge in [-0.2, -0.15) is 0 Å². The van der Waals surface area contributed by atoms with Crippen molar-refractivity contribution in [2.75, 3.05) is 33.7 Å². The molecule has 0 bridgehead atoms. The van der Waals surface area contributed by atoms with Gasteiger partial charge in [0.15, 0.2) is 5.78 Å². The monoisotopic (exact) mass is 324 g/mol. The molecule has 0 spiro atoms. The molecule has 1 saturated heterocycles. The average molecular weight is 325 g/mol. The number of benzene rings is 1. The van der Waals surface area contributed by atoms with E-state index in [-0.39, 0.29) is 5.78 Å². The van der Waals surface area contributed by atoms with Gasteiger partial charge in [-0.15, -0.1) is 0 Å². The van der Waals surface area contributed by atoms with Crippen molar-refractivity contribution in [3.63, 3.8) is 0 Å². The van der Waals surface area contributed by atoms with Gasteiger partial charge in [0.05, 0.1) is 6.54 Å². The Kier molecular flexibility index (Phi) is 4.76. The summed E-state index contributed by atoms with van der Waals surface area (Å²) in [7, 11) is 4.22. The van der Waals surface area contributed by atoms with Gasteiger partial charge in [0.2, 0.25) is 0 Å². The van der Waals surface area contributed by atoms with E-state index >= 15 is 0 Å². The molecule has 0 saturated carbocycles. The highest BCUT2D eigenvalue weighted by Gasteiger charge is 2.31. The molecule has 19 heavy (non-hydrogen) atoms. The fourth-order valence-corrected chi connectivity index (χ4v) is 3.04. The summed E-state index contributed by atoms with van der Waals surface area (Å²) in [6, 6.07) is 8.16. The third-order valence-electron chi connectivity index (χ3n) is 3.84. The zero-order valence-corrected chi connectivity index (χ0v) is 13.4. The lowest BCUT2D eigenvalue weighted by molar-refractivity contribution is 0.0941. The van der Waals surface area contributed by atoms with Crippen molar-refractivity contribution < 1.29 is 4.79 Å². The number of hydrogen-bond acceptors (Lipinski definition) is 3. The van der Waals surface area contributed by atoms with Gasteiger partial charge in [-0.05, 0) is 32.1 Å². The van der Waals surface area contributed by atoms with Gasteiger partial charge in [0, 0.05) is 29.2 Å². The first-order chi connectivity index (χ1) is 8.97. The van der Waals surface area contributed by atoms with Crippen LogP contribution in [-0.2, 0) is 0 Å². The molecule has 1 aliphatic heterocycles. The van der Waals surface area contributed by atoms with E-state index in [1.807, 2.05) is 24.3 Å². The number of ketones is 1. The van der Waals surface area contributed by atoms with Crippen molar-refractivity contribution in [3.05, 3.63) is 34.3 Å².